The first-order chi connectivity index (χ1) is 11.1. The molecule has 0 bridgehead atoms. The van der Waals surface area contributed by atoms with Crippen molar-refractivity contribution in [2.75, 3.05) is 13.1 Å². The number of piperidine rings is 1. The molecule has 1 aliphatic rings. The fourth-order valence-corrected chi connectivity index (χ4v) is 3.34. The Morgan fingerprint density at radius 1 is 1.36 bits per heavy atom. The Labute approximate surface area is 161 Å². The molecule has 2 aromatic heterocycles. The minimum atomic E-state index is -0.156. The Bertz CT molecular complexity index is 672. The number of nitrogens with one attached hydrogen (secondary N) is 2. The van der Waals surface area contributed by atoms with Gasteiger partial charge in [0.25, 0.3) is 0 Å². The Hall–Kier alpha value is -1.37. The van der Waals surface area contributed by atoms with Gasteiger partial charge in [0.05, 0.1) is 6.04 Å². The minimum absolute atomic E-state index is 0. The third-order valence-corrected chi connectivity index (χ3v) is 4.75. The van der Waals surface area contributed by atoms with E-state index < -0.39 is 0 Å². The maximum Gasteiger partial charge on any atom is 0.220 e. The number of fused-ring (bicyclic) bond motifs is 1. The summed E-state index contributed by atoms with van der Waals surface area (Å²) in [5.41, 5.74) is 0.797. The van der Waals surface area contributed by atoms with Crippen LogP contribution < -0.4 is 10.6 Å². The number of carbonyl (C=O) groups is 1. The molecule has 25 heavy (non-hydrogen) atoms. The van der Waals surface area contributed by atoms with Gasteiger partial charge in [-0.2, -0.15) is 0 Å². The van der Waals surface area contributed by atoms with Crippen LogP contribution in [-0.2, 0) is 4.79 Å². The van der Waals surface area contributed by atoms with Crippen molar-refractivity contribution in [2.24, 2.45) is 11.8 Å². The predicted molar refractivity (Wildman–Crippen MR) is 103 cm³/mol. The van der Waals surface area contributed by atoms with Gasteiger partial charge in [-0.1, -0.05) is 13.0 Å². The van der Waals surface area contributed by atoms with E-state index in [1.165, 1.54) is 12.8 Å². The van der Waals surface area contributed by atoms with E-state index in [9.17, 15) is 4.79 Å². The summed E-state index contributed by atoms with van der Waals surface area (Å²) in [6, 6.07) is 5.61. The Balaban J connectivity index is 0.00000156. The van der Waals surface area contributed by atoms with Gasteiger partial charge in [0.1, 0.15) is 0 Å². The zero-order valence-corrected chi connectivity index (χ0v) is 16.3. The summed E-state index contributed by atoms with van der Waals surface area (Å²) in [7, 11) is 0. The van der Waals surface area contributed by atoms with Gasteiger partial charge in [0.15, 0.2) is 11.5 Å². The lowest BCUT2D eigenvalue weighted by Gasteiger charge is -2.28. The minimum Gasteiger partial charge on any atom is -0.346 e. The maximum absolute atomic E-state index is 12.3. The van der Waals surface area contributed by atoms with Crippen LogP contribution in [0.15, 0.2) is 24.4 Å². The standard InChI is InChI=1S/C17H25N5O.2ClH/c1-12(14-6-5-8-18-11-14)10-16(23)19-13(2)17-21-20-15-7-3-4-9-22(15)17;;/h3-4,7,9,12-14,18H,5-6,8,10-11H2,1-2H3,(H,19,23);2*1H. The highest BCUT2D eigenvalue weighted by Crippen LogP contribution is 2.23. The van der Waals surface area contributed by atoms with Crippen molar-refractivity contribution in [2.45, 2.75) is 39.2 Å². The third kappa shape index (κ3) is 5.30. The second-order valence-corrected chi connectivity index (χ2v) is 6.56. The van der Waals surface area contributed by atoms with Gasteiger partial charge in [-0.15, -0.1) is 35.0 Å². The highest BCUT2D eigenvalue weighted by molar-refractivity contribution is 5.85. The lowest BCUT2D eigenvalue weighted by molar-refractivity contribution is -0.123. The van der Waals surface area contributed by atoms with E-state index in [0.29, 0.717) is 18.3 Å². The number of halogens is 2. The van der Waals surface area contributed by atoms with Crippen LogP contribution >= 0.6 is 24.8 Å². The lowest BCUT2D eigenvalue weighted by Crippen LogP contribution is -2.36. The van der Waals surface area contributed by atoms with Crippen molar-refractivity contribution < 1.29 is 4.79 Å². The first-order valence-electron chi connectivity index (χ1n) is 8.45. The molecule has 1 aliphatic heterocycles. The quantitative estimate of drug-likeness (QED) is 0.827. The molecule has 0 radical (unpaired) electrons. The van der Waals surface area contributed by atoms with Crippen LogP contribution in [0.2, 0.25) is 0 Å². The molecular formula is C17H27Cl2N5O. The summed E-state index contributed by atoms with van der Waals surface area (Å²) in [6.45, 7) is 6.26. The van der Waals surface area contributed by atoms with Crippen LogP contribution in [0.1, 0.15) is 45.0 Å². The Morgan fingerprint density at radius 2 is 2.16 bits per heavy atom. The molecule has 1 saturated heterocycles. The van der Waals surface area contributed by atoms with Crippen molar-refractivity contribution in [3.05, 3.63) is 30.2 Å². The lowest BCUT2D eigenvalue weighted by atomic mass is 9.85. The summed E-state index contributed by atoms with van der Waals surface area (Å²) in [5.74, 6) is 1.84. The highest BCUT2D eigenvalue weighted by atomic mass is 35.5. The van der Waals surface area contributed by atoms with Gasteiger partial charge in [-0.3, -0.25) is 9.20 Å². The van der Waals surface area contributed by atoms with E-state index in [4.69, 9.17) is 0 Å². The number of amides is 1. The summed E-state index contributed by atoms with van der Waals surface area (Å²) < 4.78 is 1.92. The molecule has 3 unspecified atom stereocenters. The summed E-state index contributed by atoms with van der Waals surface area (Å²) in [6.07, 6.45) is 4.90. The predicted octanol–water partition coefficient (Wildman–Crippen LogP) is 2.78. The average Bonchev–Trinajstić information content (AvgIpc) is 2.99. The molecule has 2 aromatic rings. The monoisotopic (exact) mass is 387 g/mol. The van der Waals surface area contributed by atoms with Crippen molar-refractivity contribution in [3.8, 4) is 0 Å². The fraction of sp³-hybridized carbons (Fsp3) is 0.588. The van der Waals surface area contributed by atoms with Gasteiger partial charge in [-0.25, -0.2) is 0 Å². The van der Waals surface area contributed by atoms with Crippen molar-refractivity contribution in [1.82, 2.24) is 25.2 Å². The summed E-state index contributed by atoms with van der Waals surface area (Å²) in [4.78, 5) is 12.3. The SMILES string of the molecule is CC(NC(=O)CC(C)C1CCCNC1)c1nnc2ccccn12.Cl.Cl. The van der Waals surface area contributed by atoms with Crippen LogP contribution in [0, 0.1) is 11.8 Å². The number of aromatic nitrogens is 3. The van der Waals surface area contributed by atoms with Crippen LogP contribution in [0.3, 0.4) is 0 Å². The number of pyridine rings is 1. The van der Waals surface area contributed by atoms with Gasteiger partial charge < -0.3 is 10.6 Å². The number of carbonyl (C=O) groups excluding carboxylic acids is 1. The largest absolute Gasteiger partial charge is 0.346 e. The molecule has 0 saturated carbocycles. The van der Waals surface area contributed by atoms with Gasteiger partial charge in [0.2, 0.25) is 5.91 Å². The molecule has 3 heterocycles. The van der Waals surface area contributed by atoms with Gasteiger partial charge in [0, 0.05) is 12.6 Å². The molecule has 6 nitrogen and oxygen atoms in total. The molecule has 0 aliphatic carbocycles. The van der Waals surface area contributed by atoms with E-state index in [2.05, 4.69) is 27.8 Å². The normalized spacial score (nSPS) is 19.4. The molecule has 3 atom stereocenters. The zero-order chi connectivity index (χ0) is 16.2. The van der Waals surface area contributed by atoms with Crippen molar-refractivity contribution >= 4 is 36.4 Å². The smallest absolute Gasteiger partial charge is 0.220 e. The van der Waals surface area contributed by atoms with Crippen molar-refractivity contribution in [1.29, 1.82) is 0 Å². The first-order valence-corrected chi connectivity index (χ1v) is 8.45. The number of hydrogen-bond donors (Lipinski definition) is 2. The molecule has 8 heteroatoms. The molecule has 140 valence electrons. The third-order valence-electron chi connectivity index (χ3n) is 4.75. The number of rotatable bonds is 5. The molecule has 2 N–H and O–H groups in total. The van der Waals surface area contributed by atoms with E-state index in [1.54, 1.807) is 0 Å². The molecule has 3 rings (SSSR count). The fourth-order valence-electron chi connectivity index (χ4n) is 3.34. The van der Waals surface area contributed by atoms with Gasteiger partial charge in [-0.05, 0) is 56.8 Å². The molecular weight excluding hydrogens is 361 g/mol. The maximum atomic E-state index is 12.3. The van der Waals surface area contributed by atoms with E-state index in [0.717, 1.165) is 24.6 Å². The van der Waals surface area contributed by atoms with E-state index in [-0.39, 0.29) is 36.8 Å². The zero-order valence-electron chi connectivity index (χ0n) is 14.6. The van der Waals surface area contributed by atoms with Crippen molar-refractivity contribution in [3.63, 3.8) is 0 Å². The second kappa shape index (κ2) is 9.94. The number of nitrogens with zero attached hydrogens (tertiary/aromatic N) is 3. The molecule has 1 amide bonds. The summed E-state index contributed by atoms with van der Waals surface area (Å²) in [5, 5.41) is 14.8. The molecule has 1 fully saturated rings. The van der Waals surface area contributed by atoms with Gasteiger partial charge >= 0.3 is 0 Å². The Kier molecular flexibility index (Phi) is 8.62. The van der Waals surface area contributed by atoms with Crippen LogP contribution in [0.5, 0.6) is 0 Å². The van der Waals surface area contributed by atoms with E-state index >= 15 is 0 Å². The topological polar surface area (TPSA) is 71.3 Å². The second-order valence-electron chi connectivity index (χ2n) is 6.56. The first kappa shape index (κ1) is 21.7. The van der Waals surface area contributed by atoms with Crippen LogP contribution in [0.4, 0.5) is 0 Å². The highest BCUT2D eigenvalue weighted by Gasteiger charge is 2.23. The van der Waals surface area contributed by atoms with Crippen LogP contribution in [0.25, 0.3) is 5.65 Å². The summed E-state index contributed by atoms with van der Waals surface area (Å²) >= 11 is 0. The number of hydrogen-bond acceptors (Lipinski definition) is 4. The Morgan fingerprint density at radius 3 is 2.88 bits per heavy atom. The average molecular weight is 388 g/mol. The van der Waals surface area contributed by atoms with Crippen LogP contribution in [-0.4, -0.2) is 33.6 Å². The molecule has 0 aromatic carbocycles. The molecule has 0 spiro atoms. The van der Waals surface area contributed by atoms with E-state index in [1.807, 2.05) is 35.7 Å².